The van der Waals surface area contributed by atoms with Gasteiger partial charge >= 0.3 is 5.97 Å². The summed E-state index contributed by atoms with van der Waals surface area (Å²) < 4.78 is 17.3. The Balaban J connectivity index is 1.88. The van der Waals surface area contributed by atoms with Crippen LogP contribution in [0, 0.1) is 5.41 Å². The van der Waals surface area contributed by atoms with E-state index < -0.39 is 5.97 Å². The van der Waals surface area contributed by atoms with Crippen molar-refractivity contribution >= 4 is 5.69 Å². The average Bonchev–Trinajstić information content (AvgIpc) is 2.40. The molecular formula is C13H17NO3. The maximum absolute atomic E-state index is 5.76. The Kier molecular flexibility index (Phi) is 2.40. The second-order valence-corrected chi connectivity index (χ2v) is 5.06. The summed E-state index contributed by atoms with van der Waals surface area (Å²) in [5.74, 6) is -0.982. The molecule has 1 aromatic carbocycles. The molecule has 3 fully saturated rings. The summed E-state index contributed by atoms with van der Waals surface area (Å²) >= 11 is 0. The van der Waals surface area contributed by atoms with E-state index in [1.165, 1.54) is 0 Å². The minimum atomic E-state index is -0.982. The van der Waals surface area contributed by atoms with Gasteiger partial charge in [0.2, 0.25) is 0 Å². The van der Waals surface area contributed by atoms with Gasteiger partial charge in [-0.15, -0.1) is 0 Å². The molecule has 0 saturated carbocycles. The molecule has 17 heavy (non-hydrogen) atoms. The highest BCUT2D eigenvalue weighted by atomic mass is 16.9. The molecule has 4 heteroatoms. The van der Waals surface area contributed by atoms with E-state index in [4.69, 9.17) is 14.2 Å². The van der Waals surface area contributed by atoms with Crippen LogP contribution in [0.4, 0.5) is 5.69 Å². The maximum Gasteiger partial charge on any atom is 0.312 e. The Labute approximate surface area is 101 Å². The Morgan fingerprint density at radius 1 is 1.00 bits per heavy atom. The van der Waals surface area contributed by atoms with Crippen LogP contribution in [0.5, 0.6) is 0 Å². The molecule has 0 unspecified atom stereocenters. The highest BCUT2D eigenvalue weighted by molar-refractivity contribution is 5.44. The third-order valence-electron chi connectivity index (χ3n) is 3.36. The highest BCUT2D eigenvalue weighted by Crippen LogP contribution is 2.43. The van der Waals surface area contributed by atoms with Gasteiger partial charge in [-0.1, -0.05) is 6.92 Å². The number of rotatable bonds is 2. The molecule has 92 valence electrons. The lowest BCUT2D eigenvalue weighted by atomic mass is 9.91. The van der Waals surface area contributed by atoms with Crippen LogP contribution in [-0.2, 0) is 20.2 Å². The van der Waals surface area contributed by atoms with Crippen molar-refractivity contribution in [3.8, 4) is 0 Å². The fourth-order valence-electron chi connectivity index (χ4n) is 2.15. The van der Waals surface area contributed by atoms with E-state index in [1.807, 2.05) is 31.3 Å². The third-order valence-corrected chi connectivity index (χ3v) is 3.36. The lowest BCUT2D eigenvalue weighted by Gasteiger charge is -2.50. The molecule has 3 aliphatic rings. The summed E-state index contributed by atoms with van der Waals surface area (Å²) in [7, 11) is 1.89. The van der Waals surface area contributed by atoms with Crippen LogP contribution < -0.4 is 5.32 Å². The predicted molar refractivity (Wildman–Crippen MR) is 63.6 cm³/mol. The molecule has 0 aliphatic carbocycles. The molecule has 4 rings (SSSR count). The molecule has 3 heterocycles. The smallest absolute Gasteiger partial charge is 0.312 e. The summed E-state index contributed by atoms with van der Waals surface area (Å²) in [6, 6.07) is 7.92. The van der Waals surface area contributed by atoms with E-state index in [-0.39, 0.29) is 5.41 Å². The Hall–Kier alpha value is -1.10. The number of nitrogens with one attached hydrogen (secondary N) is 1. The van der Waals surface area contributed by atoms with Crippen LogP contribution in [0.1, 0.15) is 12.5 Å². The van der Waals surface area contributed by atoms with Gasteiger partial charge in [-0.05, 0) is 24.3 Å². The van der Waals surface area contributed by atoms with Gasteiger partial charge in [-0.2, -0.15) is 0 Å². The van der Waals surface area contributed by atoms with Crippen molar-refractivity contribution in [3.63, 3.8) is 0 Å². The SMILES string of the molecule is CNc1ccc(C23OCC(C)(CO2)CO3)cc1. The standard InChI is InChI=1S/C13H17NO3/c1-12-7-15-13(16-8-12,17-9-12)10-3-5-11(14-2)6-4-10/h3-6,14H,7-9H2,1-2H3. The normalized spacial score (nSPS) is 35.9. The van der Waals surface area contributed by atoms with E-state index >= 15 is 0 Å². The highest BCUT2D eigenvalue weighted by Gasteiger charge is 2.51. The summed E-state index contributed by atoms with van der Waals surface area (Å²) in [4.78, 5) is 0. The summed E-state index contributed by atoms with van der Waals surface area (Å²) in [5, 5.41) is 3.08. The first-order valence-electron chi connectivity index (χ1n) is 5.86. The first-order valence-corrected chi connectivity index (χ1v) is 5.86. The van der Waals surface area contributed by atoms with Crippen LogP contribution in [0.25, 0.3) is 0 Å². The third kappa shape index (κ3) is 1.73. The minimum absolute atomic E-state index is 0.00661. The van der Waals surface area contributed by atoms with Crippen LogP contribution in [0.3, 0.4) is 0 Å². The van der Waals surface area contributed by atoms with Gasteiger partial charge in [0.05, 0.1) is 19.8 Å². The number of anilines is 1. The second-order valence-electron chi connectivity index (χ2n) is 5.06. The Morgan fingerprint density at radius 3 is 2.00 bits per heavy atom. The van der Waals surface area contributed by atoms with Gasteiger partial charge in [0.1, 0.15) is 0 Å². The first kappa shape index (κ1) is 11.0. The van der Waals surface area contributed by atoms with E-state index in [0.717, 1.165) is 11.3 Å². The zero-order valence-corrected chi connectivity index (χ0v) is 10.2. The van der Waals surface area contributed by atoms with Crippen molar-refractivity contribution in [1.29, 1.82) is 0 Å². The second kappa shape index (κ2) is 3.70. The van der Waals surface area contributed by atoms with Crippen molar-refractivity contribution in [2.24, 2.45) is 5.41 Å². The van der Waals surface area contributed by atoms with Gasteiger partial charge in [0, 0.05) is 23.7 Å². The predicted octanol–water partition coefficient (Wildman–Crippen LogP) is 1.92. The largest absolute Gasteiger partial charge is 0.388 e. The lowest BCUT2D eigenvalue weighted by Crippen LogP contribution is -2.57. The number of benzene rings is 1. The van der Waals surface area contributed by atoms with Crippen molar-refractivity contribution in [1.82, 2.24) is 0 Å². The van der Waals surface area contributed by atoms with Crippen molar-refractivity contribution in [2.75, 3.05) is 32.2 Å². The number of ether oxygens (including phenoxy) is 3. The average molecular weight is 235 g/mol. The molecule has 1 N–H and O–H groups in total. The quantitative estimate of drug-likeness (QED) is 0.850. The molecule has 3 aliphatic heterocycles. The van der Waals surface area contributed by atoms with Crippen molar-refractivity contribution in [2.45, 2.75) is 12.9 Å². The minimum Gasteiger partial charge on any atom is -0.388 e. The fourth-order valence-corrected chi connectivity index (χ4v) is 2.15. The van der Waals surface area contributed by atoms with E-state index in [1.54, 1.807) is 0 Å². The monoisotopic (exact) mass is 235 g/mol. The molecule has 0 atom stereocenters. The molecule has 4 nitrogen and oxygen atoms in total. The molecule has 1 aromatic rings. The number of fused-ring (bicyclic) bond motifs is 3. The first-order chi connectivity index (χ1) is 8.16. The van der Waals surface area contributed by atoms with Gasteiger partial charge in [-0.25, -0.2) is 0 Å². The van der Waals surface area contributed by atoms with Gasteiger partial charge < -0.3 is 19.5 Å². The maximum atomic E-state index is 5.76. The van der Waals surface area contributed by atoms with Crippen LogP contribution in [0.15, 0.2) is 24.3 Å². The van der Waals surface area contributed by atoms with Crippen LogP contribution >= 0.6 is 0 Å². The molecule has 3 saturated heterocycles. The molecule has 0 radical (unpaired) electrons. The molecule has 0 amide bonds. The topological polar surface area (TPSA) is 39.7 Å². The Morgan fingerprint density at radius 2 is 1.53 bits per heavy atom. The summed E-state index contributed by atoms with van der Waals surface area (Å²) in [6.45, 7) is 4.16. The van der Waals surface area contributed by atoms with Crippen molar-refractivity contribution < 1.29 is 14.2 Å². The van der Waals surface area contributed by atoms with E-state index in [2.05, 4.69) is 12.2 Å². The van der Waals surface area contributed by atoms with E-state index in [0.29, 0.717) is 19.8 Å². The van der Waals surface area contributed by atoms with Crippen LogP contribution in [-0.4, -0.2) is 26.9 Å². The zero-order chi connectivity index (χ0) is 11.9. The molecule has 0 aromatic heterocycles. The lowest BCUT2D eigenvalue weighted by molar-refractivity contribution is -0.477. The van der Waals surface area contributed by atoms with Gasteiger partial charge in [-0.3, -0.25) is 0 Å². The zero-order valence-electron chi connectivity index (χ0n) is 10.2. The Bertz CT molecular complexity index is 391. The summed E-state index contributed by atoms with van der Waals surface area (Å²) in [6.07, 6.45) is 0. The van der Waals surface area contributed by atoms with Crippen LogP contribution in [0.2, 0.25) is 0 Å². The van der Waals surface area contributed by atoms with Gasteiger partial charge in [0.25, 0.3) is 0 Å². The van der Waals surface area contributed by atoms with Gasteiger partial charge in [0.15, 0.2) is 0 Å². The molecule has 2 bridgehead atoms. The number of hydrogen-bond acceptors (Lipinski definition) is 4. The number of hydrogen-bond donors (Lipinski definition) is 1. The molecular weight excluding hydrogens is 218 g/mol. The van der Waals surface area contributed by atoms with Crippen molar-refractivity contribution in [3.05, 3.63) is 29.8 Å². The van der Waals surface area contributed by atoms with E-state index in [9.17, 15) is 0 Å². The fraction of sp³-hybridized carbons (Fsp3) is 0.538. The summed E-state index contributed by atoms with van der Waals surface area (Å²) in [5.41, 5.74) is 1.98. The molecule has 0 spiro atoms.